The van der Waals surface area contributed by atoms with Gasteiger partial charge in [0.05, 0.1) is 0 Å². The molecule has 0 aliphatic carbocycles. The largest absolute Gasteiger partial charge is 0.371 e. The van der Waals surface area contributed by atoms with E-state index in [1.807, 2.05) is 13.0 Å². The second-order valence-electron chi connectivity index (χ2n) is 4.00. The van der Waals surface area contributed by atoms with Gasteiger partial charge in [0.2, 0.25) is 0 Å². The van der Waals surface area contributed by atoms with E-state index in [0.717, 1.165) is 24.4 Å². The van der Waals surface area contributed by atoms with Crippen LogP contribution in [-0.4, -0.2) is 18.0 Å². The van der Waals surface area contributed by atoms with Gasteiger partial charge in [0.25, 0.3) is 0 Å². The zero-order valence-corrected chi connectivity index (χ0v) is 9.34. The van der Waals surface area contributed by atoms with Crippen molar-refractivity contribution in [2.45, 2.75) is 19.8 Å². The minimum Gasteiger partial charge on any atom is -0.371 e. The molecule has 1 fully saturated rings. The Morgan fingerprint density at radius 3 is 2.44 bits per heavy atom. The van der Waals surface area contributed by atoms with E-state index in [-0.39, 0.29) is 0 Å². The predicted molar refractivity (Wildman–Crippen MR) is 60.8 cm³/mol. The number of hydrogen-bond acceptors (Lipinski definition) is 1. The van der Waals surface area contributed by atoms with Crippen LogP contribution in [0.25, 0.3) is 5.70 Å². The van der Waals surface area contributed by atoms with Crippen LogP contribution in [0.2, 0.25) is 0 Å². The Morgan fingerprint density at radius 2 is 1.88 bits per heavy atom. The van der Waals surface area contributed by atoms with Gasteiger partial charge >= 0.3 is 0 Å². The van der Waals surface area contributed by atoms with Crippen molar-refractivity contribution < 1.29 is 8.78 Å². The van der Waals surface area contributed by atoms with Crippen molar-refractivity contribution in [1.82, 2.24) is 4.90 Å². The lowest BCUT2D eigenvalue weighted by Crippen LogP contribution is -2.17. The number of rotatable bonds is 2. The highest BCUT2D eigenvalue weighted by Gasteiger charge is 2.16. The second kappa shape index (κ2) is 4.64. The number of nitrogens with zero attached hydrogens (tertiary/aromatic N) is 1. The highest BCUT2D eigenvalue weighted by molar-refractivity contribution is 5.64. The van der Waals surface area contributed by atoms with E-state index in [1.54, 1.807) is 6.07 Å². The summed E-state index contributed by atoms with van der Waals surface area (Å²) in [4.78, 5) is 2.21. The molecule has 0 radical (unpaired) electrons. The van der Waals surface area contributed by atoms with E-state index in [9.17, 15) is 8.78 Å². The van der Waals surface area contributed by atoms with Crippen LogP contribution in [0.5, 0.6) is 0 Å². The quantitative estimate of drug-likeness (QED) is 0.742. The molecule has 2 rings (SSSR count). The van der Waals surface area contributed by atoms with Crippen LogP contribution in [0.1, 0.15) is 25.3 Å². The Morgan fingerprint density at radius 1 is 1.19 bits per heavy atom. The van der Waals surface area contributed by atoms with Gasteiger partial charge in [-0.3, -0.25) is 0 Å². The molecule has 1 saturated heterocycles. The van der Waals surface area contributed by atoms with Gasteiger partial charge in [0.15, 0.2) is 11.6 Å². The van der Waals surface area contributed by atoms with E-state index in [4.69, 9.17) is 0 Å². The zero-order valence-electron chi connectivity index (χ0n) is 9.34. The average Bonchev–Trinajstić information content (AvgIpc) is 2.78. The van der Waals surface area contributed by atoms with Gasteiger partial charge in [0.1, 0.15) is 0 Å². The molecule has 0 bridgehead atoms. The summed E-state index contributed by atoms with van der Waals surface area (Å²) in [5, 5.41) is 0. The molecule has 0 unspecified atom stereocenters. The summed E-state index contributed by atoms with van der Waals surface area (Å²) >= 11 is 0. The van der Waals surface area contributed by atoms with Gasteiger partial charge in [-0.05, 0) is 38.0 Å². The Bertz CT molecular complexity index is 406. The van der Waals surface area contributed by atoms with E-state index in [2.05, 4.69) is 4.90 Å². The molecule has 1 aromatic carbocycles. The van der Waals surface area contributed by atoms with Crippen molar-refractivity contribution in [2.75, 3.05) is 13.1 Å². The fourth-order valence-electron chi connectivity index (χ4n) is 2.15. The fourth-order valence-corrected chi connectivity index (χ4v) is 2.15. The molecule has 1 aromatic rings. The van der Waals surface area contributed by atoms with Crippen LogP contribution >= 0.6 is 0 Å². The summed E-state index contributed by atoms with van der Waals surface area (Å²) < 4.78 is 26.0. The summed E-state index contributed by atoms with van der Waals surface area (Å²) in [6, 6.07) is 4.08. The lowest BCUT2D eigenvalue weighted by molar-refractivity contribution is 0.487. The van der Waals surface area contributed by atoms with Gasteiger partial charge in [0, 0.05) is 24.4 Å². The van der Waals surface area contributed by atoms with Gasteiger partial charge in [-0.1, -0.05) is 6.08 Å². The molecule has 86 valence electrons. The van der Waals surface area contributed by atoms with Crippen LogP contribution in [0, 0.1) is 11.6 Å². The minimum atomic E-state index is -0.791. The number of allylic oxidation sites excluding steroid dienone is 1. The third kappa shape index (κ3) is 2.08. The molecule has 0 amide bonds. The van der Waals surface area contributed by atoms with Crippen molar-refractivity contribution in [2.24, 2.45) is 0 Å². The van der Waals surface area contributed by atoms with Crippen LogP contribution in [-0.2, 0) is 0 Å². The van der Waals surface area contributed by atoms with Crippen molar-refractivity contribution >= 4 is 5.70 Å². The summed E-state index contributed by atoms with van der Waals surface area (Å²) in [5.74, 6) is -1.57. The second-order valence-corrected chi connectivity index (χ2v) is 4.00. The zero-order chi connectivity index (χ0) is 11.5. The summed E-state index contributed by atoms with van der Waals surface area (Å²) in [7, 11) is 0. The van der Waals surface area contributed by atoms with Crippen molar-refractivity contribution in [3.63, 3.8) is 0 Å². The summed E-state index contributed by atoms with van der Waals surface area (Å²) in [6.07, 6.45) is 4.29. The minimum absolute atomic E-state index is 0.753. The van der Waals surface area contributed by atoms with Crippen molar-refractivity contribution in [3.05, 3.63) is 41.5 Å². The highest BCUT2D eigenvalue weighted by atomic mass is 19.2. The van der Waals surface area contributed by atoms with Crippen LogP contribution in [0.15, 0.2) is 24.3 Å². The number of benzene rings is 1. The maximum atomic E-state index is 13.1. The first kappa shape index (κ1) is 11.1. The Labute approximate surface area is 94.4 Å². The van der Waals surface area contributed by atoms with E-state index in [1.165, 1.54) is 25.0 Å². The summed E-state index contributed by atoms with van der Waals surface area (Å²) in [5.41, 5.74) is 1.75. The topological polar surface area (TPSA) is 3.24 Å². The van der Waals surface area contributed by atoms with E-state index >= 15 is 0 Å². The molecular weight excluding hydrogens is 208 g/mol. The van der Waals surface area contributed by atoms with Gasteiger partial charge in [-0.25, -0.2) is 8.78 Å². The molecule has 0 atom stereocenters. The fraction of sp³-hybridized carbons (Fsp3) is 0.385. The molecule has 0 aromatic heterocycles. The normalized spacial score (nSPS) is 16.9. The van der Waals surface area contributed by atoms with Gasteiger partial charge in [-0.15, -0.1) is 0 Å². The molecule has 1 aliphatic heterocycles. The SMILES string of the molecule is CC=C(c1ccc(F)c(F)c1)N1CCCC1. The average molecular weight is 223 g/mol. The van der Waals surface area contributed by atoms with Crippen molar-refractivity contribution in [3.8, 4) is 0 Å². The number of halogens is 2. The monoisotopic (exact) mass is 223 g/mol. The first-order chi connectivity index (χ1) is 7.72. The molecule has 1 aliphatic rings. The maximum Gasteiger partial charge on any atom is 0.159 e. The molecule has 0 saturated carbocycles. The number of hydrogen-bond donors (Lipinski definition) is 0. The van der Waals surface area contributed by atoms with Gasteiger partial charge in [-0.2, -0.15) is 0 Å². The van der Waals surface area contributed by atoms with Crippen molar-refractivity contribution in [1.29, 1.82) is 0 Å². The van der Waals surface area contributed by atoms with Crippen LogP contribution < -0.4 is 0 Å². The first-order valence-electron chi connectivity index (χ1n) is 5.59. The predicted octanol–water partition coefficient (Wildman–Crippen LogP) is 3.42. The van der Waals surface area contributed by atoms with E-state index in [0.29, 0.717) is 0 Å². The Hall–Kier alpha value is -1.38. The third-order valence-corrected chi connectivity index (χ3v) is 2.94. The maximum absolute atomic E-state index is 13.1. The molecule has 16 heavy (non-hydrogen) atoms. The molecule has 1 nitrogen and oxygen atoms in total. The smallest absolute Gasteiger partial charge is 0.159 e. The number of likely N-dealkylation sites (tertiary alicyclic amines) is 1. The molecule has 3 heteroatoms. The van der Waals surface area contributed by atoms with Crippen LogP contribution in [0.3, 0.4) is 0 Å². The molecular formula is C13H15F2N. The van der Waals surface area contributed by atoms with Gasteiger partial charge < -0.3 is 4.90 Å². The molecule has 0 N–H and O–H groups in total. The highest BCUT2D eigenvalue weighted by Crippen LogP contribution is 2.24. The molecule has 1 heterocycles. The lowest BCUT2D eigenvalue weighted by atomic mass is 10.1. The summed E-state index contributed by atoms with van der Waals surface area (Å²) in [6.45, 7) is 3.92. The van der Waals surface area contributed by atoms with E-state index < -0.39 is 11.6 Å². The Balaban J connectivity index is 2.30. The molecule has 0 spiro atoms. The van der Waals surface area contributed by atoms with Crippen LogP contribution in [0.4, 0.5) is 8.78 Å². The third-order valence-electron chi connectivity index (χ3n) is 2.94. The first-order valence-corrected chi connectivity index (χ1v) is 5.59. The standard InChI is InChI=1S/C13H15F2N/c1-2-13(16-7-3-4-8-16)10-5-6-11(14)12(15)9-10/h2,5-6,9H,3-4,7-8H2,1H3. The Kier molecular flexibility index (Phi) is 3.22. The lowest BCUT2D eigenvalue weighted by Gasteiger charge is -2.21.